The second-order valence-corrected chi connectivity index (χ2v) is 13.3. The Morgan fingerprint density at radius 3 is 2.41 bits per heavy atom. The molecule has 0 bridgehead atoms. The molecule has 9 atom stereocenters. The topological polar surface area (TPSA) is 115 Å². The van der Waals surface area contributed by atoms with Crippen molar-refractivity contribution in [2.75, 3.05) is 0 Å². The molecule has 6 heteroatoms. The SMILES string of the molecule is CC(C)CCC[C@@H](C)[C@H]1CC[C@H]2/C(=C/C3C4=C(CC(C(=O)O)C3C(=O)O)[C@@H](O)C[C@H](O)C4)CCC[C@]12C. The molecule has 0 spiro atoms. The van der Waals surface area contributed by atoms with Crippen molar-refractivity contribution in [1.29, 1.82) is 0 Å². The minimum Gasteiger partial charge on any atom is -0.481 e. The molecule has 3 unspecified atom stereocenters. The van der Waals surface area contributed by atoms with Crippen molar-refractivity contribution in [2.24, 2.45) is 46.8 Å². The molecule has 4 rings (SSSR count). The Morgan fingerprint density at radius 2 is 1.76 bits per heavy atom. The van der Waals surface area contributed by atoms with E-state index in [0.29, 0.717) is 29.7 Å². The maximum absolute atomic E-state index is 12.5. The molecule has 0 aromatic rings. The second-order valence-electron chi connectivity index (χ2n) is 13.3. The van der Waals surface area contributed by atoms with Gasteiger partial charge in [-0.25, -0.2) is 0 Å². The van der Waals surface area contributed by atoms with Gasteiger partial charge in [0.1, 0.15) is 0 Å². The molecule has 2 saturated carbocycles. The van der Waals surface area contributed by atoms with E-state index >= 15 is 0 Å². The molecule has 0 aliphatic heterocycles. The van der Waals surface area contributed by atoms with Crippen LogP contribution in [0.1, 0.15) is 98.3 Å². The molecule has 4 N–H and O–H groups in total. The first-order chi connectivity index (χ1) is 17.4. The van der Waals surface area contributed by atoms with E-state index in [1.54, 1.807) is 0 Å². The van der Waals surface area contributed by atoms with Crippen molar-refractivity contribution < 1.29 is 30.0 Å². The predicted octanol–water partition coefficient (Wildman–Crippen LogP) is 5.83. The highest BCUT2D eigenvalue weighted by atomic mass is 16.4. The number of aliphatic carboxylic acids is 2. The molecule has 4 aliphatic rings. The van der Waals surface area contributed by atoms with Gasteiger partial charge in [0.25, 0.3) is 0 Å². The van der Waals surface area contributed by atoms with Crippen LogP contribution < -0.4 is 0 Å². The zero-order valence-electron chi connectivity index (χ0n) is 23.2. The number of carboxylic acid groups (broad SMARTS) is 2. The lowest BCUT2D eigenvalue weighted by molar-refractivity contribution is -0.155. The first-order valence-electron chi connectivity index (χ1n) is 14.7. The molecule has 208 valence electrons. The lowest BCUT2D eigenvalue weighted by Crippen LogP contribution is -2.44. The highest BCUT2D eigenvalue weighted by molar-refractivity contribution is 5.82. The van der Waals surface area contributed by atoms with Gasteiger partial charge < -0.3 is 20.4 Å². The third-order valence-corrected chi connectivity index (χ3v) is 10.6. The Bertz CT molecular complexity index is 934. The van der Waals surface area contributed by atoms with Crippen LogP contribution in [-0.4, -0.2) is 44.6 Å². The summed E-state index contributed by atoms with van der Waals surface area (Å²) in [6, 6.07) is 0. The van der Waals surface area contributed by atoms with Gasteiger partial charge in [-0.1, -0.05) is 64.2 Å². The van der Waals surface area contributed by atoms with E-state index in [4.69, 9.17) is 0 Å². The number of carboxylic acids is 2. The summed E-state index contributed by atoms with van der Waals surface area (Å²) < 4.78 is 0. The van der Waals surface area contributed by atoms with Crippen LogP contribution >= 0.6 is 0 Å². The molecule has 6 nitrogen and oxygen atoms in total. The zero-order chi connectivity index (χ0) is 27.1. The largest absolute Gasteiger partial charge is 0.481 e. The zero-order valence-corrected chi connectivity index (χ0v) is 23.2. The summed E-state index contributed by atoms with van der Waals surface area (Å²) in [5.74, 6) is -2.54. The van der Waals surface area contributed by atoms with Crippen molar-refractivity contribution in [3.05, 3.63) is 22.8 Å². The van der Waals surface area contributed by atoms with Crippen molar-refractivity contribution in [3.63, 3.8) is 0 Å². The molecular weight excluding hydrogens is 468 g/mol. The van der Waals surface area contributed by atoms with Crippen molar-refractivity contribution in [1.82, 2.24) is 0 Å². The van der Waals surface area contributed by atoms with Crippen LogP contribution in [0.4, 0.5) is 0 Å². The molecule has 0 aromatic carbocycles. The third kappa shape index (κ3) is 5.56. The summed E-state index contributed by atoms with van der Waals surface area (Å²) in [4.78, 5) is 24.7. The number of aliphatic hydroxyl groups excluding tert-OH is 2. The summed E-state index contributed by atoms with van der Waals surface area (Å²) in [6.45, 7) is 9.42. The van der Waals surface area contributed by atoms with E-state index in [1.165, 1.54) is 37.7 Å². The van der Waals surface area contributed by atoms with E-state index in [-0.39, 0.29) is 18.3 Å². The standard InChI is InChI=1S/C31H48O6/c1-17(2)7-5-8-18(3)25-10-11-26-19(9-6-12-31(25,26)4)13-23-21-14-20(32)15-27(33)22(21)16-24(29(34)35)28(23)30(36)37/h13,17-18,20,23-28,32-33H,5-12,14-16H2,1-4H3,(H,34,35)(H,36,37)/b19-13+/t18-,20-,23?,24?,25-,26+,27+,28?,31-/m1/s1. The molecular formula is C31H48O6. The van der Waals surface area contributed by atoms with Gasteiger partial charge in [-0.15, -0.1) is 0 Å². The molecule has 4 aliphatic carbocycles. The van der Waals surface area contributed by atoms with Crippen LogP contribution in [0.15, 0.2) is 22.8 Å². The number of carbonyl (C=O) groups is 2. The van der Waals surface area contributed by atoms with Crippen molar-refractivity contribution in [3.8, 4) is 0 Å². The predicted molar refractivity (Wildman–Crippen MR) is 143 cm³/mol. The van der Waals surface area contributed by atoms with E-state index in [9.17, 15) is 30.0 Å². The second kappa shape index (κ2) is 11.2. The van der Waals surface area contributed by atoms with E-state index in [1.807, 2.05) is 0 Å². The summed E-state index contributed by atoms with van der Waals surface area (Å²) in [7, 11) is 0. The Kier molecular flexibility index (Phi) is 8.59. The van der Waals surface area contributed by atoms with E-state index < -0.39 is 41.9 Å². The lowest BCUT2D eigenvalue weighted by Gasteiger charge is -2.46. The minimum atomic E-state index is -1.12. The summed E-state index contributed by atoms with van der Waals surface area (Å²) >= 11 is 0. The average molecular weight is 517 g/mol. The fourth-order valence-electron chi connectivity index (χ4n) is 8.80. The molecule has 0 amide bonds. The highest BCUT2D eigenvalue weighted by Gasteiger charge is 2.52. The smallest absolute Gasteiger partial charge is 0.308 e. The van der Waals surface area contributed by atoms with Crippen molar-refractivity contribution in [2.45, 2.75) is 111 Å². The maximum atomic E-state index is 12.5. The molecule has 37 heavy (non-hydrogen) atoms. The molecule has 0 heterocycles. The first kappa shape index (κ1) is 28.4. The fraction of sp³-hybridized carbons (Fsp3) is 0.806. The fourth-order valence-corrected chi connectivity index (χ4v) is 8.80. The Labute approximate surface area is 222 Å². The van der Waals surface area contributed by atoms with Crippen LogP contribution in [0.3, 0.4) is 0 Å². The lowest BCUT2D eigenvalue weighted by atomic mass is 9.59. The molecule has 2 fully saturated rings. The van der Waals surface area contributed by atoms with Gasteiger partial charge in [-0.05, 0) is 79.6 Å². The van der Waals surface area contributed by atoms with Gasteiger partial charge in [-0.3, -0.25) is 9.59 Å². The van der Waals surface area contributed by atoms with Crippen LogP contribution in [0.25, 0.3) is 0 Å². The third-order valence-electron chi connectivity index (χ3n) is 10.6. The monoisotopic (exact) mass is 516 g/mol. The summed E-state index contributed by atoms with van der Waals surface area (Å²) in [5.41, 5.74) is 2.89. The quantitative estimate of drug-likeness (QED) is 0.302. The molecule has 0 aromatic heterocycles. The summed E-state index contributed by atoms with van der Waals surface area (Å²) in [5, 5.41) is 41.4. The maximum Gasteiger partial charge on any atom is 0.308 e. The Balaban J connectivity index is 1.67. The van der Waals surface area contributed by atoms with Gasteiger partial charge >= 0.3 is 11.9 Å². The van der Waals surface area contributed by atoms with Gasteiger partial charge in [0.2, 0.25) is 0 Å². The van der Waals surface area contributed by atoms with Gasteiger partial charge in [0.15, 0.2) is 0 Å². The highest BCUT2D eigenvalue weighted by Crippen LogP contribution is 2.60. The van der Waals surface area contributed by atoms with Crippen LogP contribution in [0, 0.1) is 46.8 Å². The number of allylic oxidation sites excluding steroid dienone is 2. The number of aliphatic hydroxyl groups is 2. The minimum absolute atomic E-state index is 0.0479. The van der Waals surface area contributed by atoms with E-state index in [2.05, 4.69) is 33.8 Å². The number of hydrogen-bond donors (Lipinski definition) is 4. The van der Waals surface area contributed by atoms with Crippen LogP contribution in [0.5, 0.6) is 0 Å². The van der Waals surface area contributed by atoms with Gasteiger partial charge in [0.05, 0.1) is 24.0 Å². The first-order valence-corrected chi connectivity index (χ1v) is 14.7. The molecule has 0 saturated heterocycles. The van der Waals surface area contributed by atoms with Crippen LogP contribution in [0.2, 0.25) is 0 Å². The number of hydrogen-bond acceptors (Lipinski definition) is 4. The van der Waals surface area contributed by atoms with Gasteiger partial charge in [-0.2, -0.15) is 0 Å². The van der Waals surface area contributed by atoms with Crippen LogP contribution in [-0.2, 0) is 9.59 Å². The Morgan fingerprint density at radius 1 is 1.03 bits per heavy atom. The Hall–Kier alpha value is -1.66. The summed E-state index contributed by atoms with van der Waals surface area (Å²) in [6.07, 6.45) is 10.3. The van der Waals surface area contributed by atoms with E-state index in [0.717, 1.165) is 30.8 Å². The van der Waals surface area contributed by atoms with Gasteiger partial charge in [0, 0.05) is 12.3 Å². The number of rotatable bonds is 8. The normalized spacial score (nSPS) is 40.0. The molecule has 0 radical (unpaired) electrons. The average Bonchev–Trinajstić information content (AvgIpc) is 3.16. The number of fused-ring (bicyclic) bond motifs is 1. The van der Waals surface area contributed by atoms with Crippen molar-refractivity contribution >= 4 is 11.9 Å².